The Kier molecular flexibility index (Phi) is 3.97. The predicted octanol–water partition coefficient (Wildman–Crippen LogP) is 1.52. The van der Waals surface area contributed by atoms with Gasteiger partial charge in [0.15, 0.2) is 6.61 Å². The van der Waals surface area contributed by atoms with Gasteiger partial charge in [0.25, 0.3) is 0 Å². The zero-order chi connectivity index (χ0) is 11.3. The van der Waals surface area contributed by atoms with Crippen LogP contribution in [0, 0.1) is 6.92 Å². The van der Waals surface area contributed by atoms with Crippen molar-refractivity contribution in [1.29, 1.82) is 0 Å². The second-order valence-electron chi connectivity index (χ2n) is 3.11. The van der Waals surface area contributed by atoms with E-state index in [1.807, 2.05) is 13.0 Å². The Morgan fingerprint density at radius 2 is 2.20 bits per heavy atom. The molecule has 0 aliphatic rings. The van der Waals surface area contributed by atoms with Gasteiger partial charge in [0.05, 0.1) is 6.61 Å². The zero-order valence-corrected chi connectivity index (χ0v) is 8.95. The number of hydrogen-bond donors (Lipinski definition) is 1. The molecule has 0 atom stereocenters. The molecule has 0 fully saturated rings. The summed E-state index contributed by atoms with van der Waals surface area (Å²) in [5.74, 6) is 0.197. The Hall–Kier alpha value is -1.71. The topological polar surface area (TPSA) is 61.5 Å². The number of nitrogen functional groups attached to an aromatic ring is 1. The summed E-state index contributed by atoms with van der Waals surface area (Å²) in [5, 5.41) is 0. The van der Waals surface area contributed by atoms with Crippen LogP contribution in [0.15, 0.2) is 18.2 Å². The molecule has 0 saturated heterocycles. The Balaban J connectivity index is 2.51. The largest absolute Gasteiger partial charge is 0.482 e. The quantitative estimate of drug-likeness (QED) is 0.603. The molecular formula is C11H15NO3. The lowest BCUT2D eigenvalue weighted by Crippen LogP contribution is -2.14. The van der Waals surface area contributed by atoms with Crippen molar-refractivity contribution in [2.24, 2.45) is 0 Å². The van der Waals surface area contributed by atoms with Gasteiger partial charge in [-0.25, -0.2) is 4.79 Å². The fourth-order valence-electron chi connectivity index (χ4n) is 1.05. The lowest BCUT2D eigenvalue weighted by atomic mass is 10.2. The number of esters is 1. The molecule has 0 unspecified atom stereocenters. The van der Waals surface area contributed by atoms with Crippen LogP contribution < -0.4 is 10.5 Å². The zero-order valence-electron chi connectivity index (χ0n) is 8.95. The number of ether oxygens (including phenoxy) is 2. The van der Waals surface area contributed by atoms with Gasteiger partial charge in [0.1, 0.15) is 5.75 Å². The molecule has 0 spiro atoms. The summed E-state index contributed by atoms with van der Waals surface area (Å²) in [6, 6.07) is 5.30. The normalized spacial score (nSPS) is 9.73. The molecule has 0 aliphatic carbocycles. The smallest absolute Gasteiger partial charge is 0.344 e. The van der Waals surface area contributed by atoms with E-state index in [4.69, 9.17) is 15.2 Å². The van der Waals surface area contributed by atoms with Crippen LogP contribution in [0.2, 0.25) is 0 Å². The number of nitrogens with two attached hydrogens (primary N) is 1. The van der Waals surface area contributed by atoms with E-state index in [0.717, 1.165) is 5.56 Å². The number of hydrogen-bond acceptors (Lipinski definition) is 4. The van der Waals surface area contributed by atoms with Gasteiger partial charge in [-0.15, -0.1) is 0 Å². The number of rotatable bonds is 4. The fourth-order valence-corrected chi connectivity index (χ4v) is 1.05. The summed E-state index contributed by atoms with van der Waals surface area (Å²) in [5.41, 5.74) is 7.32. The summed E-state index contributed by atoms with van der Waals surface area (Å²) >= 11 is 0. The van der Waals surface area contributed by atoms with Gasteiger partial charge >= 0.3 is 5.97 Å². The van der Waals surface area contributed by atoms with Crippen molar-refractivity contribution in [3.05, 3.63) is 23.8 Å². The first-order valence-electron chi connectivity index (χ1n) is 4.78. The van der Waals surface area contributed by atoms with Crippen LogP contribution in [0.3, 0.4) is 0 Å². The summed E-state index contributed by atoms with van der Waals surface area (Å²) in [7, 11) is 0. The van der Waals surface area contributed by atoms with E-state index in [1.54, 1.807) is 19.1 Å². The molecule has 1 rings (SSSR count). The van der Waals surface area contributed by atoms with Gasteiger partial charge in [-0.3, -0.25) is 0 Å². The van der Waals surface area contributed by atoms with Crippen molar-refractivity contribution in [1.82, 2.24) is 0 Å². The minimum Gasteiger partial charge on any atom is -0.482 e. The first-order valence-corrected chi connectivity index (χ1v) is 4.78. The lowest BCUT2D eigenvalue weighted by molar-refractivity contribution is -0.145. The van der Waals surface area contributed by atoms with Gasteiger partial charge in [-0.2, -0.15) is 0 Å². The van der Waals surface area contributed by atoms with E-state index in [0.29, 0.717) is 18.0 Å². The van der Waals surface area contributed by atoms with E-state index in [2.05, 4.69) is 0 Å². The Labute approximate surface area is 89.0 Å². The average Bonchev–Trinajstić information content (AvgIpc) is 2.20. The number of benzene rings is 1. The van der Waals surface area contributed by atoms with E-state index in [1.165, 1.54) is 0 Å². The first kappa shape index (κ1) is 11.4. The molecule has 0 amide bonds. The number of carbonyl (C=O) groups is 1. The van der Waals surface area contributed by atoms with E-state index in [9.17, 15) is 4.79 Å². The summed E-state index contributed by atoms with van der Waals surface area (Å²) in [6.07, 6.45) is 0. The molecule has 2 N–H and O–H groups in total. The van der Waals surface area contributed by atoms with Crippen molar-refractivity contribution >= 4 is 11.7 Å². The highest BCUT2D eigenvalue weighted by atomic mass is 16.6. The molecule has 0 heterocycles. The van der Waals surface area contributed by atoms with Gasteiger partial charge in [-0.05, 0) is 25.5 Å². The van der Waals surface area contributed by atoms with Gasteiger partial charge in [0.2, 0.25) is 0 Å². The van der Waals surface area contributed by atoms with Crippen molar-refractivity contribution in [2.75, 3.05) is 18.9 Å². The predicted molar refractivity (Wildman–Crippen MR) is 57.7 cm³/mol. The minimum absolute atomic E-state index is 0.0870. The highest BCUT2D eigenvalue weighted by Crippen LogP contribution is 2.18. The minimum atomic E-state index is -0.378. The molecule has 0 aliphatic heterocycles. The van der Waals surface area contributed by atoms with E-state index < -0.39 is 0 Å². The molecule has 1 aromatic rings. The SMILES string of the molecule is CCOC(=O)COc1ccc(C)c(N)c1. The summed E-state index contributed by atoms with van der Waals surface area (Å²) in [4.78, 5) is 11.0. The molecule has 0 radical (unpaired) electrons. The Bertz CT molecular complexity index is 350. The van der Waals surface area contributed by atoms with Crippen LogP contribution in [0.4, 0.5) is 5.69 Å². The maximum atomic E-state index is 11.0. The molecule has 1 aromatic carbocycles. The standard InChI is InChI=1S/C11H15NO3/c1-3-14-11(13)7-15-9-5-4-8(2)10(12)6-9/h4-6H,3,7,12H2,1-2H3. The third kappa shape index (κ3) is 3.50. The second kappa shape index (κ2) is 5.24. The maximum absolute atomic E-state index is 11.0. The maximum Gasteiger partial charge on any atom is 0.344 e. The molecule has 15 heavy (non-hydrogen) atoms. The van der Waals surface area contributed by atoms with Crippen molar-refractivity contribution in [2.45, 2.75) is 13.8 Å². The summed E-state index contributed by atoms with van der Waals surface area (Å²) in [6.45, 7) is 3.93. The lowest BCUT2D eigenvalue weighted by Gasteiger charge is -2.07. The molecule has 4 heteroatoms. The molecule has 4 nitrogen and oxygen atoms in total. The monoisotopic (exact) mass is 209 g/mol. The van der Waals surface area contributed by atoms with Gasteiger partial charge in [0, 0.05) is 11.8 Å². The number of aryl methyl sites for hydroxylation is 1. The first-order chi connectivity index (χ1) is 7.13. The highest BCUT2D eigenvalue weighted by Gasteiger charge is 2.03. The van der Waals surface area contributed by atoms with Crippen LogP contribution in [-0.4, -0.2) is 19.2 Å². The molecule has 0 saturated carbocycles. The van der Waals surface area contributed by atoms with Crippen LogP contribution in [0.5, 0.6) is 5.75 Å². The van der Waals surface area contributed by atoms with Gasteiger partial charge in [-0.1, -0.05) is 6.07 Å². The van der Waals surface area contributed by atoms with Crippen LogP contribution in [-0.2, 0) is 9.53 Å². The van der Waals surface area contributed by atoms with Crippen molar-refractivity contribution in [3.63, 3.8) is 0 Å². The van der Waals surface area contributed by atoms with Crippen LogP contribution in [0.1, 0.15) is 12.5 Å². The Morgan fingerprint density at radius 3 is 2.80 bits per heavy atom. The number of anilines is 1. The van der Waals surface area contributed by atoms with Crippen molar-refractivity contribution < 1.29 is 14.3 Å². The summed E-state index contributed by atoms with van der Waals surface area (Å²) < 4.78 is 9.92. The third-order valence-electron chi connectivity index (χ3n) is 1.91. The number of carbonyl (C=O) groups excluding carboxylic acids is 1. The fraction of sp³-hybridized carbons (Fsp3) is 0.364. The highest BCUT2D eigenvalue weighted by molar-refractivity contribution is 5.71. The molecule has 0 bridgehead atoms. The van der Waals surface area contributed by atoms with E-state index >= 15 is 0 Å². The van der Waals surface area contributed by atoms with Gasteiger partial charge < -0.3 is 15.2 Å². The Morgan fingerprint density at radius 1 is 1.47 bits per heavy atom. The molecular weight excluding hydrogens is 194 g/mol. The molecule has 0 aromatic heterocycles. The van der Waals surface area contributed by atoms with Crippen molar-refractivity contribution in [3.8, 4) is 5.75 Å². The van der Waals surface area contributed by atoms with E-state index in [-0.39, 0.29) is 12.6 Å². The average molecular weight is 209 g/mol. The second-order valence-corrected chi connectivity index (χ2v) is 3.11. The molecule has 82 valence electrons. The van der Waals surface area contributed by atoms with Crippen LogP contribution >= 0.6 is 0 Å². The third-order valence-corrected chi connectivity index (χ3v) is 1.91. The van der Waals surface area contributed by atoms with Crippen LogP contribution in [0.25, 0.3) is 0 Å².